The lowest BCUT2D eigenvalue weighted by molar-refractivity contribution is 0.0600. The second kappa shape index (κ2) is 4.96. The van der Waals surface area contributed by atoms with Crippen LogP contribution in [0.5, 0.6) is 5.75 Å². The van der Waals surface area contributed by atoms with Crippen molar-refractivity contribution in [1.82, 2.24) is 5.32 Å². The van der Waals surface area contributed by atoms with Crippen molar-refractivity contribution in [2.24, 2.45) is 0 Å². The highest BCUT2D eigenvalue weighted by Crippen LogP contribution is 2.45. The first-order valence-corrected chi connectivity index (χ1v) is 6.73. The summed E-state index contributed by atoms with van der Waals surface area (Å²) in [5.41, 5.74) is 1.24. The number of rotatable bonds is 0. The van der Waals surface area contributed by atoms with E-state index in [1.165, 1.54) is 5.56 Å². The number of piperidine rings is 1. The molecule has 2 aliphatic rings. The number of hydrogen-bond donors (Lipinski definition) is 1. The molecule has 2 nitrogen and oxygen atoms in total. The van der Waals surface area contributed by atoms with Crippen LogP contribution in [-0.4, -0.2) is 18.7 Å². The van der Waals surface area contributed by atoms with Gasteiger partial charge in [-0.25, -0.2) is 0 Å². The summed E-state index contributed by atoms with van der Waals surface area (Å²) in [6, 6.07) is 4.03. The Kier molecular flexibility index (Phi) is 3.93. The quantitative estimate of drug-likeness (QED) is 0.780. The van der Waals surface area contributed by atoms with E-state index >= 15 is 0 Å². The monoisotopic (exact) mass is 337 g/mol. The molecule has 0 aliphatic carbocycles. The molecule has 0 saturated carbocycles. The van der Waals surface area contributed by atoms with Crippen molar-refractivity contribution in [1.29, 1.82) is 0 Å². The van der Waals surface area contributed by atoms with Gasteiger partial charge in [-0.1, -0.05) is 27.5 Å². The molecule has 2 heterocycles. The summed E-state index contributed by atoms with van der Waals surface area (Å²) in [4.78, 5) is 0. The molecule has 0 atom stereocenters. The lowest BCUT2D eigenvalue weighted by Crippen LogP contribution is -2.45. The molecule has 3 rings (SSSR count). The molecule has 1 spiro atoms. The average Bonchev–Trinajstić information content (AvgIpc) is 2.57. The van der Waals surface area contributed by atoms with E-state index in [9.17, 15) is 0 Å². The molecular weight excluding hydrogens is 325 g/mol. The van der Waals surface area contributed by atoms with E-state index in [1.807, 2.05) is 6.07 Å². The molecule has 5 heteroatoms. The minimum absolute atomic E-state index is 0. The van der Waals surface area contributed by atoms with Crippen molar-refractivity contribution in [2.75, 3.05) is 13.1 Å². The Labute approximate surface area is 121 Å². The van der Waals surface area contributed by atoms with Crippen LogP contribution < -0.4 is 10.1 Å². The fraction of sp³-hybridized carbons (Fsp3) is 0.500. The summed E-state index contributed by atoms with van der Waals surface area (Å²) in [5, 5.41) is 4.09. The van der Waals surface area contributed by atoms with Gasteiger partial charge in [0.15, 0.2) is 0 Å². The van der Waals surface area contributed by atoms with Gasteiger partial charge in [-0.05, 0) is 38.1 Å². The van der Waals surface area contributed by atoms with E-state index in [2.05, 4.69) is 27.3 Å². The van der Waals surface area contributed by atoms with Gasteiger partial charge in [-0.15, -0.1) is 12.4 Å². The summed E-state index contributed by atoms with van der Waals surface area (Å²) >= 11 is 9.68. The number of halogens is 3. The molecule has 0 aromatic heterocycles. The lowest BCUT2D eigenvalue weighted by atomic mass is 9.88. The summed E-state index contributed by atoms with van der Waals surface area (Å²) in [6.45, 7) is 2.07. The molecule has 1 N–H and O–H groups in total. The van der Waals surface area contributed by atoms with Crippen LogP contribution in [0, 0.1) is 0 Å². The standard InChI is InChI=1S/C12H13BrClNO.ClH/c13-9-5-8-7-12(1-3-15-4-2-12)16-11(8)10(14)6-9;/h5-6,15H,1-4,7H2;1H. The van der Waals surface area contributed by atoms with Crippen LogP contribution in [0.25, 0.3) is 0 Å². The van der Waals surface area contributed by atoms with E-state index in [0.717, 1.165) is 47.6 Å². The van der Waals surface area contributed by atoms with Gasteiger partial charge < -0.3 is 10.1 Å². The van der Waals surface area contributed by atoms with Gasteiger partial charge in [0.25, 0.3) is 0 Å². The maximum atomic E-state index is 6.21. The van der Waals surface area contributed by atoms with Crippen molar-refractivity contribution in [3.05, 3.63) is 27.2 Å². The van der Waals surface area contributed by atoms with E-state index in [-0.39, 0.29) is 18.0 Å². The van der Waals surface area contributed by atoms with Gasteiger partial charge in [0.1, 0.15) is 11.4 Å². The van der Waals surface area contributed by atoms with Crippen molar-refractivity contribution in [2.45, 2.75) is 24.9 Å². The van der Waals surface area contributed by atoms with Gasteiger partial charge in [-0.2, -0.15) is 0 Å². The molecule has 0 bridgehead atoms. The number of nitrogens with one attached hydrogen (secondary N) is 1. The molecule has 17 heavy (non-hydrogen) atoms. The van der Waals surface area contributed by atoms with Gasteiger partial charge in [0.05, 0.1) is 5.02 Å². The Bertz CT molecular complexity index is 433. The molecule has 1 aromatic carbocycles. The highest BCUT2D eigenvalue weighted by Gasteiger charge is 2.41. The topological polar surface area (TPSA) is 21.3 Å². The number of ether oxygens (including phenoxy) is 1. The fourth-order valence-electron chi connectivity index (χ4n) is 2.62. The zero-order valence-electron chi connectivity index (χ0n) is 9.26. The van der Waals surface area contributed by atoms with E-state index in [4.69, 9.17) is 16.3 Å². The third-order valence-electron chi connectivity index (χ3n) is 3.43. The first kappa shape index (κ1) is 13.5. The SMILES string of the molecule is Cl.Clc1cc(Br)cc2c1OC1(CCNCC1)C2. The molecule has 1 aromatic rings. The molecule has 0 unspecified atom stereocenters. The maximum Gasteiger partial charge on any atom is 0.142 e. The minimum atomic E-state index is -0.00197. The van der Waals surface area contributed by atoms with Crippen LogP contribution in [0.15, 0.2) is 16.6 Å². The van der Waals surface area contributed by atoms with Crippen molar-refractivity contribution < 1.29 is 4.74 Å². The predicted octanol–water partition coefficient (Wildman–Crippen LogP) is 3.58. The minimum Gasteiger partial charge on any atom is -0.485 e. The fourth-order valence-corrected chi connectivity index (χ4v) is 3.53. The Morgan fingerprint density at radius 3 is 2.71 bits per heavy atom. The van der Waals surface area contributed by atoms with Crippen LogP contribution in [0.1, 0.15) is 18.4 Å². The van der Waals surface area contributed by atoms with Crippen LogP contribution in [-0.2, 0) is 6.42 Å². The van der Waals surface area contributed by atoms with E-state index in [0.29, 0.717) is 0 Å². The van der Waals surface area contributed by atoms with E-state index < -0.39 is 0 Å². The second-order valence-corrected chi connectivity index (χ2v) is 5.91. The summed E-state index contributed by atoms with van der Waals surface area (Å²) in [6.07, 6.45) is 3.12. The molecule has 2 aliphatic heterocycles. The van der Waals surface area contributed by atoms with Crippen LogP contribution >= 0.6 is 39.9 Å². The van der Waals surface area contributed by atoms with Crippen molar-refractivity contribution in [3.63, 3.8) is 0 Å². The van der Waals surface area contributed by atoms with Crippen molar-refractivity contribution in [3.8, 4) is 5.75 Å². The zero-order chi connectivity index (χ0) is 11.2. The molecular formula is C12H14BrCl2NO. The average molecular weight is 339 g/mol. The van der Waals surface area contributed by atoms with Crippen LogP contribution in [0.2, 0.25) is 5.02 Å². The Morgan fingerprint density at radius 1 is 1.29 bits per heavy atom. The van der Waals surface area contributed by atoms with Crippen molar-refractivity contribution >= 4 is 39.9 Å². The third kappa shape index (κ3) is 2.43. The Balaban J connectivity index is 0.00000108. The van der Waals surface area contributed by atoms with Gasteiger partial charge >= 0.3 is 0 Å². The molecule has 0 amide bonds. The number of hydrogen-bond acceptors (Lipinski definition) is 2. The second-order valence-electron chi connectivity index (χ2n) is 4.59. The smallest absolute Gasteiger partial charge is 0.142 e. The van der Waals surface area contributed by atoms with Gasteiger partial charge in [0, 0.05) is 16.5 Å². The highest BCUT2D eigenvalue weighted by molar-refractivity contribution is 9.10. The first-order valence-electron chi connectivity index (χ1n) is 5.56. The lowest BCUT2D eigenvalue weighted by Gasteiger charge is -2.33. The summed E-state index contributed by atoms with van der Waals surface area (Å²) in [5.74, 6) is 0.895. The molecule has 0 radical (unpaired) electrons. The largest absolute Gasteiger partial charge is 0.485 e. The van der Waals surface area contributed by atoms with Gasteiger partial charge in [-0.3, -0.25) is 0 Å². The third-order valence-corrected chi connectivity index (χ3v) is 4.17. The Morgan fingerprint density at radius 2 is 2.00 bits per heavy atom. The predicted molar refractivity (Wildman–Crippen MR) is 75.6 cm³/mol. The maximum absolute atomic E-state index is 6.21. The van der Waals surface area contributed by atoms with Gasteiger partial charge in [0.2, 0.25) is 0 Å². The summed E-state index contributed by atoms with van der Waals surface area (Å²) in [7, 11) is 0. The highest BCUT2D eigenvalue weighted by atomic mass is 79.9. The zero-order valence-corrected chi connectivity index (χ0v) is 12.4. The normalized spacial score (nSPS) is 20.6. The number of benzene rings is 1. The van der Waals surface area contributed by atoms with Crippen LogP contribution in [0.3, 0.4) is 0 Å². The molecule has 94 valence electrons. The first-order chi connectivity index (χ1) is 7.69. The number of fused-ring (bicyclic) bond motifs is 1. The molecule has 1 fully saturated rings. The molecule has 1 saturated heterocycles. The van der Waals surface area contributed by atoms with Crippen LogP contribution in [0.4, 0.5) is 0 Å². The summed E-state index contributed by atoms with van der Waals surface area (Å²) < 4.78 is 7.16. The Hall–Kier alpha value is 0.0400. The van der Waals surface area contributed by atoms with E-state index in [1.54, 1.807) is 0 Å².